The van der Waals surface area contributed by atoms with Gasteiger partial charge in [-0.25, -0.2) is 0 Å². The van der Waals surface area contributed by atoms with Crippen molar-refractivity contribution in [2.75, 3.05) is 5.75 Å². The molecule has 0 aliphatic rings. The van der Waals surface area contributed by atoms with E-state index in [9.17, 15) is 5.11 Å². The minimum Gasteiger partial charge on any atom is -0.391 e. The van der Waals surface area contributed by atoms with Crippen LogP contribution in [0, 0.1) is 0 Å². The summed E-state index contributed by atoms with van der Waals surface area (Å²) in [5.74, 6) is 0.745. The highest BCUT2D eigenvalue weighted by Gasteiger charge is 2.19. The third kappa shape index (κ3) is 5.77. The molecular weight excluding hydrogens is 296 g/mol. The Balaban J connectivity index is 1.90. The molecule has 0 fully saturated rings. The van der Waals surface area contributed by atoms with Crippen LogP contribution < -0.4 is 0 Å². The Morgan fingerprint density at radius 2 is 1.48 bits per heavy atom. The minimum atomic E-state index is -0.291. The van der Waals surface area contributed by atoms with Crippen LogP contribution in [0.25, 0.3) is 0 Å². The van der Waals surface area contributed by atoms with Crippen molar-refractivity contribution in [3.63, 3.8) is 0 Å². The molecule has 112 valence electrons. The van der Waals surface area contributed by atoms with Crippen LogP contribution in [0.3, 0.4) is 0 Å². The average Bonchev–Trinajstić information content (AvgIpc) is 2.54. The maximum Gasteiger partial charge on any atom is 0.0756 e. The van der Waals surface area contributed by atoms with Gasteiger partial charge in [-0.3, -0.25) is 0 Å². The lowest BCUT2D eigenvalue weighted by molar-refractivity contribution is 0.192. The molecule has 3 heteroatoms. The van der Waals surface area contributed by atoms with Crippen LogP contribution in [0.4, 0.5) is 0 Å². The van der Waals surface area contributed by atoms with Gasteiger partial charge >= 0.3 is 0 Å². The van der Waals surface area contributed by atoms with Crippen molar-refractivity contribution in [2.24, 2.45) is 0 Å². The van der Waals surface area contributed by atoms with Gasteiger partial charge in [-0.15, -0.1) is 23.5 Å². The summed E-state index contributed by atoms with van der Waals surface area (Å²) in [4.78, 5) is 2.45. The smallest absolute Gasteiger partial charge is 0.0756 e. The molecule has 1 N–H and O–H groups in total. The van der Waals surface area contributed by atoms with Gasteiger partial charge in [0, 0.05) is 20.8 Å². The monoisotopic (exact) mass is 318 g/mol. The highest BCUT2D eigenvalue weighted by atomic mass is 32.2. The van der Waals surface area contributed by atoms with Crippen molar-refractivity contribution in [3.8, 4) is 0 Å². The standard InChI is InChI=1S/C18H22OS2/c1-2-9-18(21-16-12-7-4-8-13-16)17(19)14-20-15-10-5-3-6-11-15/h3-8,10-13,17-19H,2,9,14H2,1H3/t17-,18+/m1/s1. The minimum absolute atomic E-state index is 0.258. The zero-order valence-electron chi connectivity index (χ0n) is 12.3. The van der Waals surface area contributed by atoms with Gasteiger partial charge < -0.3 is 5.11 Å². The van der Waals surface area contributed by atoms with E-state index in [-0.39, 0.29) is 11.4 Å². The average molecular weight is 319 g/mol. The fourth-order valence-electron chi connectivity index (χ4n) is 2.09. The zero-order valence-corrected chi connectivity index (χ0v) is 13.9. The van der Waals surface area contributed by atoms with E-state index < -0.39 is 0 Å². The fourth-order valence-corrected chi connectivity index (χ4v) is 4.43. The van der Waals surface area contributed by atoms with Crippen molar-refractivity contribution in [3.05, 3.63) is 60.7 Å². The molecule has 0 bridgehead atoms. The Labute approximate surface area is 136 Å². The number of thioether (sulfide) groups is 2. The van der Waals surface area contributed by atoms with Crippen LogP contribution in [0.15, 0.2) is 70.5 Å². The quantitative estimate of drug-likeness (QED) is 0.684. The molecule has 0 amide bonds. The summed E-state index contributed by atoms with van der Waals surface area (Å²) in [7, 11) is 0. The van der Waals surface area contributed by atoms with E-state index in [2.05, 4.69) is 43.3 Å². The Kier molecular flexibility index (Phi) is 7.20. The van der Waals surface area contributed by atoms with Gasteiger partial charge in [0.2, 0.25) is 0 Å². The summed E-state index contributed by atoms with van der Waals surface area (Å²) in [6, 6.07) is 20.6. The Morgan fingerprint density at radius 3 is 2.05 bits per heavy atom. The molecule has 0 heterocycles. The first kappa shape index (κ1) is 16.5. The van der Waals surface area contributed by atoms with Crippen LogP contribution in [-0.4, -0.2) is 22.2 Å². The third-order valence-corrected chi connectivity index (χ3v) is 5.71. The van der Waals surface area contributed by atoms with E-state index in [4.69, 9.17) is 0 Å². The van der Waals surface area contributed by atoms with Crippen LogP contribution in [0.5, 0.6) is 0 Å². The van der Waals surface area contributed by atoms with Gasteiger partial charge in [-0.05, 0) is 30.7 Å². The number of hydrogen-bond acceptors (Lipinski definition) is 3. The maximum absolute atomic E-state index is 10.5. The van der Waals surface area contributed by atoms with E-state index in [1.807, 2.05) is 24.3 Å². The van der Waals surface area contributed by atoms with Gasteiger partial charge in [0.15, 0.2) is 0 Å². The second kappa shape index (κ2) is 9.19. The lowest BCUT2D eigenvalue weighted by Gasteiger charge is -2.22. The normalized spacial score (nSPS) is 13.8. The maximum atomic E-state index is 10.5. The van der Waals surface area contributed by atoms with E-state index in [1.54, 1.807) is 23.5 Å². The lowest BCUT2D eigenvalue weighted by Crippen LogP contribution is -2.25. The van der Waals surface area contributed by atoms with E-state index >= 15 is 0 Å². The predicted molar refractivity (Wildman–Crippen MR) is 94.2 cm³/mol. The van der Waals surface area contributed by atoms with E-state index in [0.717, 1.165) is 18.6 Å². The molecule has 2 atom stereocenters. The molecule has 1 nitrogen and oxygen atoms in total. The molecule has 21 heavy (non-hydrogen) atoms. The molecule has 2 rings (SSSR count). The summed E-state index contributed by atoms with van der Waals surface area (Å²) in [6.07, 6.45) is 1.84. The fraction of sp³-hybridized carbons (Fsp3) is 0.333. The molecule has 0 aliphatic carbocycles. The van der Waals surface area contributed by atoms with Crippen molar-refractivity contribution in [1.82, 2.24) is 0 Å². The summed E-state index contributed by atoms with van der Waals surface area (Å²) >= 11 is 3.52. The van der Waals surface area contributed by atoms with Crippen molar-refractivity contribution in [1.29, 1.82) is 0 Å². The van der Waals surface area contributed by atoms with Crippen molar-refractivity contribution >= 4 is 23.5 Å². The van der Waals surface area contributed by atoms with Gasteiger partial charge in [0.1, 0.15) is 0 Å². The van der Waals surface area contributed by atoms with Crippen LogP contribution in [0.1, 0.15) is 19.8 Å². The predicted octanol–water partition coefficient (Wildman–Crippen LogP) is 5.10. The van der Waals surface area contributed by atoms with Gasteiger partial charge in [0.25, 0.3) is 0 Å². The van der Waals surface area contributed by atoms with Crippen molar-refractivity contribution < 1.29 is 5.11 Å². The molecule has 0 saturated heterocycles. The summed E-state index contributed by atoms with van der Waals surface area (Å²) in [6.45, 7) is 2.18. The highest BCUT2D eigenvalue weighted by Crippen LogP contribution is 2.30. The molecule has 0 unspecified atom stereocenters. The Morgan fingerprint density at radius 1 is 0.905 bits per heavy atom. The third-order valence-electron chi connectivity index (χ3n) is 3.20. The van der Waals surface area contributed by atoms with Crippen molar-refractivity contribution in [2.45, 2.75) is 40.9 Å². The first-order valence-electron chi connectivity index (χ1n) is 7.37. The van der Waals surface area contributed by atoms with E-state index in [0.29, 0.717) is 0 Å². The number of aliphatic hydroxyl groups excluding tert-OH is 1. The topological polar surface area (TPSA) is 20.2 Å². The Bertz CT molecular complexity index is 501. The molecule has 0 saturated carbocycles. The molecule has 2 aromatic rings. The first-order chi connectivity index (χ1) is 10.3. The van der Waals surface area contributed by atoms with E-state index in [1.165, 1.54) is 9.79 Å². The molecule has 0 spiro atoms. The highest BCUT2D eigenvalue weighted by molar-refractivity contribution is 8.00. The van der Waals surface area contributed by atoms with Crippen LogP contribution in [-0.2, 0) is 0 Å². The molecule has 0 aliphatic heterocycles. The molecule has 0 radical (unpaired) electrons. The first-order valence-corrected chi connectivity index (χ1v) is 9.23. The van der Waals surface area contributed by atoms with Gasteiger partial charge in [0.05, 0.1) is 6.10 Å². The molecule has 2 aromatic carbocycles. The van der Waals surface area contributed by atoms with Gasteiger partial charge in [-0.1, -0.05) is 49.7 Å². The molecular formula is C18H22OS2. The van der Waals surface area contributed by atoms with Crippen LogP contribution in [0.2, 0.25) is 0 Å². The second-order valence-corrected chi connectivity index (χ2v) is 7.36. The zero-order chi connectivity index (χ0) is 14.9. The number of rotatable bonds is 8. The largest absolute Gasteiger partial charge is 0.391 e. The number of aliphatic hydroxyl groups is 1. The van der Waals surface area contributed by atoms with Crippen LogP contribution >= 0.6 is 23.5 Å². The second-order valence-electron chi connectivity index (χ2n) is 4.95. The summed E-state index contributed by atoms with van der Waals surface area (Å²) in [5.41, 5.74) is 0. The Hall–Kier alpha value is -0.900. The SMILES string of the molecule is CCC[C@H](Sc1ccccc1)[C@H](O)CSc1ccccc1. The molecule has 0 aromatic heterocycles. The lowest BCUT2D eigenvalue weighted by atomic mass is 10.2. The summed E-state index contributed by atoms with van der Waals surface area (Å²) < 4.78 is 0. The summed E-state index contributed by atoms with van der Waals surface area (Å²) in [5, 5.41) is 10.8. The number of benzene rings is 2. The van der Waals surface area contributed by atoms with Gasteiger partial charge in [-0.2, -0.15) is 0 Å². The number of hydrogen-bond donors (Lipinski definition) is 1.